The monoisotopic (exact) mass is 251 g/mol. The zero-order valence-corrected chi connectivity index (χ0v) is 9.09. The Kier molecular flexibility index (Phi) is 4.46. The van der Waals surface area contributed by atoms with Crippen LogP contribution < -0.4 is 5.73 Å². The van der Waals surface area contributed by atoms with Gasteiger partial charge in [0.25, 0.3) is 0 Å². The number of rotatable bonds is 4. The van der Waals surface area contributed by atoms with Gasteiger partial charge in [0, 0.05) is 17.1 Å². The van der Waals surface area contributed by atoms with Crippen LogP contribution in [0, 0.1) is 11.6 Å². The van der Waals surface area contributed by atoms with Gasteiger partial charge in [0.15, 0.2) is 11.6 Å². The van der Waals surface area contributed by atoms with Gasteiger partial charge in [-0.15, -0.1) is 11.6 Å². The van der Waals surface area contributed by atoms with E-state index in [9.17, 15) is 19.0 Å². The molecule has 0 saturated heterocycles. The molecule has 90 valence electrons. The number of benzene rings is 1. The molecule has 16 heavy (non-hydrogen) atoms. The third-order valence-electron chi connectivity index (χ3n) is 2.23. The smallest absolute Gasteiger partial charge is 0.166 e. The van der Waals surface area contributed by atoms with Crippen molar-refractivity contribution in [2.75, 3.05) is 11.6 Å². The van der Waals surface area contributed by atoms with E-state index in [1.807, 2.05) is 0 Å². The molecule has 1 rings (SSSR count). The van der Waals surface area contributed by atoms with Gasteiger partial charge in [0.1, 0.15) is 6.10 Å². The molecule has 0 heterocycles. The van der Waals surface area contributed by atoms with Gasteiger partial charge < -0.3 is 15.9 Å². The lowest BCUT2D eigenvalue weighted by molar-refractivity contribution is 0.0150. The van der Waals surface area contributed by atoms with Crippen molar-refractivity contribution in [3.05, 3.63) is 29.3 Å². The number of anilines is 1. The van der Waals surface area contributed by atoms with Crippen molar-refractivity contribution in [3.8, 4) is 0 Å². The summed E-state index contributed by atoms with van der Waals surface area (Å²) >= 11 is 5.37. The molecule has 6 heteroatoms. The normalized spacial score (nSPS) is 14.8. The first kappa shape index (κ1) is 13.2. The van der Waals surface area contributed by atoms with Gasteiger partial charge in [0.05, 0.1) is 6.10 Å². The third-order valence-corrected chi connectivity index (χ3v) is 2.45. The van der Waals surface area contributed by atoms with Crippen molar-refractivity contribution in [2.45, 2.75) is 18.6 Å². The number of aliphatic hydroxyl groups is 2. The highest BCUT2D eigenvalue weighted by atomic mass is 35.5. The second-order valence-corrected chi connectivity index (χ2v) is 3.73. The van der Waals surface area contributed by atoms with Crippen LogP contribution >= 0.6 is 11.6 Å². The van der Waals surface area contributed by atoms with E-state index >= 15 is 0 Å². The van der Waals surface area contributed by atoms with E-state index in [4.69, 9.17) is 17.3 Å². The lowest BCUT2D eigenvalue weighted by atomic mass is 10.00. The summed E-state index contributed by atoms with van der Waals surface area (Å²) in [5, 5.41) is 19.0. The molecule has 0 aliphatic carbocycles. The average molecular weight is 252 g/mol. The molecule has 0 aliphatic heterocycles. The molecule has 0 fully saturated rings. The quantitative estimate of drug-likeness (QED) is 0.562. The zero-order chi connectivity index (χ0) is 12.3. The largest absolute Gasteiger partial charge is 0.398 e. The molecule has 2 unspecified atom stereocenters. The van der Waals surface area contributed by atoms with E-state index in [2.05, 4.69) is 0 Å². The van der Waals surface area contributed by atoms with Crippen LogP contribution in [0.3, 0.4) is 0 Å². The first-order valence-electron chi connectivity index (χ1n) is 4.64. The first-order chi connectivity index (χ1) is 7.49. The van der Waals surface area contributed by atoms with Crippen LogP contribution in [0.2, 0.25) is 0 Å². The maximum atomic E-state index is 13.4. The fraction of sp³-hybridized carbons (Fsp3) is 0.400. The summed E-state index contributed by atoms with van der Waals surface area (Å²) in [7, 11) is 0. The molecular formula is C10H12ClF2NO2. The Morgan fingerprint density at radius 3 is 2.50 bits per heavy atom. The molecule has 1 aromatic carbocycles. The summed E-state index contributed by atoms with van der Waals surface area (Å²) in [6.07, 6.45) is -2.82. The minimum Gasteiger partial charge on any atom is -0.398 e. The van der Waals surface area contributed by atoms with Crippen molar-refractivity contribution in [1.29, 1.82) is 0 Å². The Bertz CT molecular complexity index is 376. The predicted octanol–water partition coefficient (Wildman–Crippen LogP) is 1.57. The van der Waals surface area contributed by atoms with Gasteiger partial charge in [-0.2, -0.15) is 0 Å². The van der Waals surface area contributed by atoms with E-state index in [-0.39, 0.29) is 18.0 Å². The zero-order valence-electron chi connectivity index (χ0n) is 8.33. The van der Waals surface area contributed by atoms with Gasteiger partial charge in [0.2, 0.25) is 0 Å². The number of aliphatic hydroxyl groups excluding tert-OH is 2. The number of nitrogens with two attached hydrogens (primary N) is 1. The number of hydrogen-bond donors (Lipinski definition) is 3. The van der Waals surface area contributed by atoms with E-state index in [0.717, 1.165) is 12.1 Å². The van der Waals surface area contributed by atoms with Crippen LogP contribution in [0.1, 0.15) is 18.1 Å². The molecule has 0 aromatic heterocycles. The van der Waals surface area contributed by atoms with Crippen LogP contribution in [0.15, 0.2) is 12.1 Å². The molecule has 3 nitrogen and oxygen atoms in total. The lowest BCUT2D eigenvalue weighted by Gasteiger charge is -2.19. The topological polar surface area (TPSA) is 66.5 Å². The van der Waals surface area contributed by atoms with Crippen molar-refractivity contribution >= 4 is 17.3 Å². The maximum absolute atomic E-state index is 13.4. The molecule has 0 amide bonds. The van der Waals surface area contributed by atoms with Crippen molar-refractivity contribution in [2.24, 2.45) is 0 Å². The third kappa shape index (κ3) is 2.61. The second kappa shape index (κ2) is 5.43. The van der Waals surface area contributed by atoms with Gasteiger partial charge in [-0.1, -0.05) is 0 Å². The summed E-state index contributed by atoms with van der Waals surface area (Å²) < 4.78 is 26.3. The molecule has 1 aromatic rings. The Labute approximate surface area is 96.5 Å². The van der Waals surface area contributed by atoms with E-state index in [1.165, 1.54) is 0 Å². The minimum atomic E-state index is -1.59. The highest BCUT2D eigenvalue weighted by molar-refractivity contribution is 6.17. The Hall–Kier alpha value is -0.910. The first-order valence-corrected chi connectivity index (χ1v) is 5.18. The molecule has 0 saturated carbocycles. The minimum absolute atomic E-state index is 0.0537. The van der Waals surface area contributed by atoms with E-state index < -0.39 is 29.4 Å². The highest BCUT2D eigenvalue weighted by Crippen LogP contribution is 2.28. The van der Waals surface area contributed by atoms with E-state index in [1.54, 1.807) is 0 Å². The molecule has 0 aliphatic rings. The molecule has 0 bridgehead atoms. The fourth-order valence-corrected chi connectivity index (χ4v) is 1.57. The van der Waals surface area contributed by atoms with Crippen molar-refractivity contribution in [3.63, 3.8) is 0 Å². The number of hydrogen-bond acceptors (Lipinski definition) is 3. The molecule has 4 N–H and O–H groups in total. The summed E-state index contributed by atoms with van der Waals surface area (Å²) in [5.41, 5.74) is 4.87. The van der Waals surface area contributed by atoms with Gasteiger partial charge in [-0.05, 0) is 18.6 Å². The van der Waals surface area contributed by atoms with E-state index in [0.29, 0.717) is 0 Å². The highest BCUT2D eigenvalue weighted by Gasteiger charge is 2.25. The fourth-order valence-electron chi connectivity index (χ4n) is 1.34. The van der Waals surface area contributed by atoms with Crippen molar-refractivity contribution in [1.82, 2.24) is 0 Å². The number of alkyl halides is 1. The van der Waals surface area contributed by atoms with Crippen LogP contribution in [-0.4, -0.2) is 22.2 Å². The summed E-state index contributed by atoms with van der Waals surface area (Å²) in [6.45, 7) is 0. The van der Waals surface area contributed by atoms with Crippen LogP contribution in [0.4, 0.5) is 14.5 Å². The summed E-state index contributed by atoms with van der Waals surface area (Å²) in [6, 6.07) is 1.99. The molecule has 2 atom stereocenters. The molecule has 0 spiro atoms. The maximum Gasteiger partial charge on any atom is 0.166 e. The molecular weight excluding hydrogens is 240 g/mol. The number of halogens is 3. The summed E-state index contributed by atoms with van der Waals surface area (Å²) in [5.74, 6) is -2.28. The average Bonchev–Trinajstić information content (AvgIpc) is 2.24. The van der Waals surface area contributed by atoms with Crippen LogP contribution in [-0.2, 0) is 0 Å². The Morgan fingerprint density at radius 2 is 1.94 bits per heavy atom. The SMILES string of the molecule is Nc1ccc(F)c(F)c1C(O)C(O)CCCl. The molecule has 0 radical (unpaired) electrons. The Morgan fingerprint density at radius 1 is 1.31 bits per heavy atom. The predicted molar refractivity (Wildman–Crippen MR) is 57.1 cm³/mol. The standard InChI is InChI=1S/C10H12ClF2NO2/c11-4-3-7(15)10(16)8-6(14)2-1-5(12)9(8)13/h1-2,7,10,15-16H,3-4,14H2. The van der Waals surface area contributed by atoms with Gasteiger partial charge in [-0.25, -0.2) is 8.78 Å². The second-order valence-electron chi connectivity index (χ2n) is 3.35. The van der Waals surface area contributed by atoms with Crippen molar-refractivity contribution < 1.29 is 19.0 Å². The van der Waals surface area contributed by atoms with Crippen LogP contribution in [0.5, 0.6) is 0 Å². The van der Waals surface area contributed by atoms with Gasteiger partial charge in [-0.3, -0.25) is 0 Å². The Balaban J connectivity index is 3.07. The lowest BCUT2D eigenvalue weighted by Crippen LogP contribution is -2.21. The number of nitrogen functional groups attached to an aromatic ring is 1. The van der Waals surface area contributed by atoms with Crippen LogP contribution in [0.25, 0.3) is 0 Å². The summed E-state index contributed by atoms with van der Waals surface area (Å²) in [4.78, 5) is 0. The van der Waals surface area contributed by atoms with Gasteiger partial charge >= 0.3 is 0 Å².